The minimum absolute atomic E-state index is 0.0409. The van der Waals surface area contributed by atoms with Crippen molar-refractivity contribution < 1.29 is 14.1 Å². The van der Waals surface area contributed by atoms with E-state index in [0.717, 1.165) is 10.4 Å². The number of aryl methyl sites for hydroxylation is 2. The van der Waals surface area contributed by atoms with Gasteiger partial charge >= 0.3 is 5.69 Å². The number of thiophene rings is 1. The second-order valence-corrected chi connectivity index (χ2v) is 8.29. The number of aromatic amines is 1. The van der Waals surface area contributed by atoms with Crippen molar-refractivity contribution in [2.24, 2.45) is 0 Å². The van der Waals surface area contributed by atoms with Gasteiger partial charge in [0.15, 0.2) is 5.82 Å². The Bertz CT molecular complexity index is 1530. The van der Waals surface area contributed by atoms with Crippen LogP contribution in [0.3, 0.4) is 0 Å². The van der Waals surface area contributed by atoms with Crippen LogP contribution in [-0.2, 0) is 0 Å². The van der Waals surface area contributed by atoms with Crippen molar-refractivity contribution in [3.05, 3.63) is 90.6 Å². The number of hydrogen-bond donors (Lipinski definition) is 1. The van der Waals surface area contributed by atoms with Gasteiger partial charge < -0.3 is 9.72 Å². The van der Waals surface area contributed by atoms with E-state index in [2.05, 4.69) is 9.97 Å². The summed E-state index contributed by atoms with van der Waals surface area (Å²) in [5.41, 5.74) is 0.522. The number of benzene rings is 2. The first kappa shape index (κ1) is 21.9. The molecule has 4 rings (SSSR count). The zero-order chi connectivity index (χ0) is 23.7. The third-order valence-corrected chi connectivity index (χ3v) is 6.05. The van der Waals surface area contributed by atoms with Crippen LogP contribution in [0, 0.1) is 41.1 Å². The van der Waals surface area contributed by atoms with Gasteiger partial charge in [0.05, 0.1) is 15.9 Å². The van der Waals surface area contributed by atoms with Gasteiger partial charge in [-0.1, -0.05) is 6.07 Å². The predicted molar refractivity (Wildman–Crippen MR) is 123 cm³/mol. The molecule has 0 fully saturated rings. The summed E-state index contributed by atoms with van der Waals surface area (Å²) in [5, 5.41) is 21.7. The van der Waals surface area contributed by atoms with E-state index in [1.165, 1.54) is 59.9 Å². The number of nitriles is 1. The summed E-state index contributed by atoms with van der Waals surface area (Å²) in [6.45, 7) is 3.72. The second kappa shape index (κ2) is 8.64. The Morgan fingerprint density at radius 2 is 2.00 bits per heavy atom. The molecule has 0 aliphatic rings. The number of nitrogens with one attached hydrogen (secondary N) is 1. The standard InChI is InChI=1S/C23H15FN4O4S/c1-12-13(2)33-23-20(12)22(29)26-21(27-23)15(11-25)9-14-3-8-19(18(10-14)28(30)31)32-17-6-4-16(24)5-7-17/h3-10H,1-2H3,(H,26,27,29)/b15-9+. The molecule has 2 heterocycles. The Balaban J connectivity index is 1.74. The van der Waals surface area contributed by atoms with E-state index in [1.54, 1.807) is 0 Å². The highest BCUT2D eigenvalue weighted by Gasteiger charge is 2.18. The summed E-state index contributed by atoms with van der Waals surface area (Å²) in [6.07, 6.45) is 1.39. The van der Waals surface area contributed by atoms with E-state index < -0.39 is 10.7 Å². The van der Waals surface area contributed by atoms with Gasteiger partial charge in [0.1, 0.15) is 22.5 Å². The Morgan fingerprint density at radius 3 is 2.67 bits per heavy atom. The number of hydrogen-bond acceptors (Lipinski definition) is 7. The minimum Gasteiger partial charge on any atom is -0.450 e. The van der Waals surface area contributed by atoms with Crippen molar-refractivity contribution in [1.29, 1.82) is 5.26 Å². The van der Waals surface area contributed by atoms with Crippen molar-refractivity contribution in [3.63, 3.8) is 0 Å². The lowest BCUT2D eigenvalue weighted by Crippen LogP contribution is -2.10. The summed E-state index contributed by atoms with van der Waals surface area (Å²) < 4.78 is 18.6. The molecule has 0 unspecified atom stereocenters. The fraction of sp³-hybridized carbons (Fsp3) is 0.0870. The fourth-order valence-corrected chi connectivity index (χ4v) is 4.22. The van der Waals surface area contributed by atoms with Crippen LogP contribution in [0.4, 0.5) is 10.1 Å². The molecule has 2 aromatic carbocycles. The summed E-state index contributed by atoms with van der Waals surface area (Å²) in [7, 11) is 0. The average Bonchev–Trinajstić information content (AvgIpc) is 3.08. The van der Waals surface area contributed by atoms with Gasteiger partial charge in [0.25, 0.3) is 5.56 Å². The van der Waals surface area contributed by atoms with Gasteiger partial charge in [0, 0.05) is 10.9 Å². The van der Waals surface area contributed by atoms with Crippen molar-refractivity contribution in [1.82, 2.24) is 9.97 Å². The van der Waals surface area contributed by atoms with Crippen molar-refractivity contribution in [2.75, 3.05) is 0 Å². The van der Waals surface area contributed by atoms with Crippen LogP contribution < -0.4 is 10.3 Å². The molecule has 0 aliphatic heterocycles. The number of halogens is 1. The number of nitro benzene ring substituents is 1. The smallest absolute Gasteiger partial charge is 0.312 e. The molecule has 4 aromatic rings. The first-order valence-corrected chi connectivity index (χ1v) is 10.4. The van der Waals surface area contributed by atoms with E-state index in [0.29, 0.717) is 15.8 Å². The molecule has 0 saturated heterocycles. The molecule has 2 aromatic heterocycles. The van der Waals surface area contributed by atoms with E-state index in [9.17, 15) is 24.6 Å². The third-order valence-electron chi connectivity index (χ3n) is 4.95. The number of ether oxygens (including phenoxy) is 1. The first-order chi connectivity index (χ1) is 15.8. The molecule has 0 atom stereocenters. The first-order valence-electron chi connectivity index (χ1n) is 9.61. The number of nitrogens with zero attached hydrogens (tertiary/aromatic N) is 3. The normalized spacial score (nSPS) is 11.4. The molecule has 0 aliphatic carbocycles. The Hall–Kier alpha value is -4.36. The van der Waals surface area contributed by atoms with E-state index in [-0.39, 0.29) is 34.1 Å². The zero-order valence-electron chi connectivity index (χ0n) is 17.4. The van der Waals surface area contributed by atoms with Crippen LogP contribution in [0.1, 0.15) is 21.8 Å². The highest BCUT2D eigenvalue weighted by atomic mass is 32.1. The lowest BCUT2D eigenvalue weighted by Gasteiger charge is -2.07. The molecule has 0 spiro atoms. The number of aromatic nitrogens is 2. The summed E-state index contributed by atoms with van der Waals surface area (Å²) >= 11 is 1.35. The van der Waals surface area contributed by atoms with Gasteiger partial charge in [-0.2, -0.15) is 5.26 Å². The van der Waals surface area contributed by atoms with Gasteiger partial charge in [0.2, 0.25) is 5.75 Å². The van der Waals surface area contributed by atoms with Crippen LogP contribution in [0.15, 0.2) is 47.3 Å². The number of fused-ring (bicyclic) bond motifs is 1. The molecular formula is C23H15FN4O4S. The van der Waals surface area contributed by atoms with Crippen LogP contribution in [0.25, 0.3) is 21.9 Å². The number of rotatable bonds is 5. The molecule has 0 radical (unpaired) electrons. The fourth-order valence-electron chi connectivity index (χ4n) is 3.19. The maximum absolute atomic E-state index is 13.1. The molecule has 8 nitrogen and oxygen atoms in total. The van der Waals surface area contributed by atoms with Crippen LogP contribution >= 0.6 is 11.3 Å². The van der Waals surface area contributed by atoms with E-state index >= 15 is 0 Å². The third kappa shape index (κ3) is 4.35. The zero-order valence-corrected chi connectivity index (χ0v) is 18.2. The Labute approximate surface area is 190 Å². The Morgan fingerprint density at radius 1 is 1.27 bits per heavy atom. The van der Waals surface area contributed by atoms with Crippen LogP contribution in [-0.4, -0.2) is 14.9 Å². The molecule has 1 N–H and O–H groups in total. The molecule has 0 saturated carbocycles. The molecule has 0 bridgehead atoms. The summed E-state index contributed by atoms with van der Waals surface area (Å²) in [4.78, 5) is 32.0. The lowest BCUT2D eigenvalue weighted by molar-refractivity contribution is -0.385. The summed E-state index contributed by atoms with van der Waals surface area (Å²) in [6, 6.07) is 11.2. The monoisotopic (exact) mass is 462 g/mol. The van der Waals surface area contributed by atoms with Gasteiger partial charge in [-0.05, 0) is 61.4 Å². The van der Waals surface area contributed by atoms with E-state index in [4.69, 9.17) is 4.74 Å². The second-order valence-electron chi connectivity index (χ2n) is 7.09. The van der Waals surface area contributed by atoms with Crippen molar-refractivity contribution >= 4 is 38.9 Å². The SMILES string of the molecule is Cc1sc2nc(/C(C#N)=C/c3ccc(Oc4ccc(F)cc4)c([N+](=O)[O-])c3)[nH]c(=O)c2c1C. The van der Waals surface area contributed by atoms with Crippen LogP contribution in [0.2, 0.25) is 0 Å². The van der Waals surface area contributed by atoms with Gasteiger partial charge in [-0.25, -0.2) is 9.37 Å². The summed E-state index contributed by atoms with van der Waals surface area (Å²) in [5.74, 6) is -0.193. The van der Waals surface area contributed by atoms with E-state index in [1.807, 2.05) is 19.9 Å². The Kier molecular flexibility index (Phi) is 5.72. The van der Waals surface area contributed by atoms with Crippen molar-refractivity contribution in [2.45, 2.75) is 13.8 Å². The molecule has 33 heavy (non-hydrogen) atoms. The minimum atomic E-state index is -0.619. The predicted octanol–water partition coefficient (Wildman–Crippen LogP) is 5.51. The maximum Gasteiger partial charge on any atom is 0.312 e. The highest BCUT2D eigenvalue weighted by molar-refractivity contribution is 7.18. The number of H-pyrrole nitrogens is 1. The van der Waals surface area contributed by atoms with Gasteiger partial charge in [-0.3, -0.25) is 14.9 Å². The maximum atomic E-state index is 13.1. The molecular weight excluding hydrogens is 447 g/mol. The van der Waals surface area contributed by atoms with Crippen LogP contribution in [0.5, 0.6) is 11.5 Å². The molecule has 0 amide bonds. The van der Waals surface area contributed by atoms with Crippen molar-refractivity contribution in [3.8, 4) is 17.6 Å². The number of nitro groups is 1. The number of allylic oxidation sites excluding steroid dienone is 1. The largest absolute Gasteiger partial charge is 0.450 e. The quantitative estimate of drug-likeness (QED) is 0.237. The average molecular weight is 462 g/mol. The topological polar surface area (TPSA) is 122 Å². The highest BCUT2D eigenvalue weighted by Crippen LogP contribution is 2.33. The van der Waals surface area contributed by atoms with Gasteiger partial charge in [-0.15, -0.1) is 11.3 Å². The molecule has 164 valence electrons. The molecule has 10 heteroatoms. The lowest BCUT2D eigenvalue weighted by atomic mass is 10.1.